The van der Waals surface area contributed by atoms with Crippen LogP contribution in [0.1, 0.15) is 12.5 Å². The van der Waals surface area contributed by atoms with E-state index in [2.05, 4.69) is 71.1 Å². The minimum Gasteiger partial charge on any atom is -0.489 e. The number of hydrogen-bond acceptors (Lipinski definition) is 2. The summed E-state index contributed by atoms with van der Waals surface area (Å²) >= 11 is 0. The fourth-order valence-electron chi connectivity index (χ4n) is 3.03. The van der Waals surface area contributed by atoms with Crippen LogP contribution in [0, 0.1) is 0 Å². The van der Waals surface area contributed by atoms with Gasteiger partial charge in [-0.1, -0.05) is 36.4 Å². The fourth-order valence-corrected chi connectivity index (χ4v) is 3.03. The summed E-state index contributed by atoms with van der Waals surface area (Å²) in [6.07, 6.45) is 3.76. The topological polar surface area (TPSA) is 27.1 Å². The highest BCUT2D eigenvalue weighted by Gasteiger charge is 2.04. The van der Waals surface area contributed by atoms with Crippen LogP contribution in [0.15, 0.2) is 79.3 Å². The smallest absolute Gasteiger partial charge is 0.119 e. The normalized spacial score (nSPS) is 10.9. The van der Waals surface area contributed by atoms with Crippen LogP contribution in [0.5, 0.6) is 5.75 Å². The Kier molecular flexibility index (Phi) is 4.21. The van der Waals surface area contributed by atoms with Gasteiger partial charge in [-0.2, -0.15) is 0 Å². The third-order valence-electron chi connectivity index (χ3n) is 4.42. The molecule has 0 N–H and O–H groups in total. The Hall–Kier alpha value is -3.07. The van der Waals surface area contributed by atoms with Gasteiger partial charge in [0.2, 0.25) is 0 Å². The first-order chi connectivity index (χ1) is 12.3. The molecule has 0 bridgehead atoms. The third kappa shape index (κ3) is 3.26. The van der Waals surface area contributed by atoms with Crippen molar-refractivity contribution in [2.75, 3.05) is 0 Å². The SMILES string of the molecule is CCn1cncc1-c1ccc(OCc2ccc3ccccc3c2)cc1. The van der Waals surface area contributed by atoms with Crippen LogP contribution in [0.2, 0.25) is 0 Å². The van der Waals surface area contributed by atoms with Gasteiger partial charge >= 0.3 is 0 Å². The number of aromatic nitrogens is 2. The highest BCUT2D eigenvalue weighted by atomic mass is 16.5. The van der Waals surface area contributed by atoms with E-state index in [1.165, 1.54) is 16.3 Å². The van der Waals surface area contributed by atoms with Gasteiger partial charge in [0.15, 0.2) is 0 Å². The summed E-state index contributed by atoms with van der Waals surface area (Å²) in [7, 11) is 0. The molecule has 124 valence electrons. The maximum absolute atomic E-state index is 5.95. The van der Waals surface area contributed by atoms with Crippen molar-refractivity contribution >= 4 is 10.8 Å². The average molecular weight is 328 g/mol. The predicted octanol–water partition coefficient (Wildman–Crippen LogP) is 5.30. The van der Waals surface area contributed by atoms with Crippen molar-refractivity contribution in [1.82, 2.24) is 9.55 Å². The highest BCUT2D eigenvalue weighted by molar-refractivity contribution is 5.82. The summed E-state index contributed by atoms with van der Waals surface area (Å²) < 4.78 is 8.08. The second-order valence-electron chi connectivity index (χ2n) is 6.06. The van der Waals surface area contributed by atoms with Crippen molar-refractivity contribution in [2.24, 2.45) is 0 Å². The van der Waals surface area contributed by atoms with Gasteiger partial charge in [0.25, 0.3) is 0 Å². The van der Waals surface area contributed by atoms with E-state index in [1.54, 1.807) is 0 Å². The van der Waals surface area contributed by atoms with Crippen molar-refractivity contribution < 1.29 is 4.74 Å². The molecule has 4 aromatic rings. The van der Waals surface area contributed by atoms with E-state index < -0.39 is 0 Å². The molecule has 1 aromatic heterocycles. The number of ether oxygens (including phenoxy) is 1. The summed E-state index contributed by atoms with van der Waals surface area (Å²) in [6, 6.07) is 23.0. The van der Waals surface area contributed by atoms with Gasteiger partial charge in [-0.3, -0.25) is 0 Å². The van der Waals surface area contributed by atoms with Gasteiger partial charge in [-0.25, -0.2) is 4.98 Å². The standard InChI is InChI=1S/C22H20N2O/c1-2-24-16-23-14-22(24)19-9-11-21(12-10-19)25-15-17-7-8-18-5-3-4-6-20(18)13-17/h3-14,16H,2,15H2,1H3. The molecule has 0 amide bonds. The van der Waals surface area contributed by atoms with Crippen LogP contribution in [0.4, 0.5) is 0 Å². The van der Waals surface area contributed by atoms with E-state index in [4.69, 9.17) is 4.74 Å². The molecule has 3 nitrogen and oxygen atoms in total. The molecular weight excluding hydrogens is 308 g/mol. The first kappa shape index (κ1) is 15.5. The minimum absolute atomic E-state index is 0.567. The van der Waals surface area contributed by atoms with E-state index in [0.29, 0.717) is 6.61 Å². The first-order valence-electron chi connectivity index (χ1n) is 8.54. The molecule has 3 aromatic carbocycles. The zero-order chi connectivity index (χ0) is 17.1. The molecule has 0 radical (unpaired) electrons. The van der Waals surface area contributed by atoms with E-state index in [1.807, 2.05) is 24.7 Å². The van der Waals surface area contributed by atoms with Crippen molar-refractivity contribution in [3.63, 3.8) is 0 Å². The van der Waals surface area contributed by atoms with Crippen LogP contribution in [-0.2, 0) is 13.2 Å². The maximum atomic E-state index is 5.95. The van der Waals surface area contributed by atoms with E-state index in [-0.39, 0.29) is 0 Å². The molecule has 0 atom stereocenters. The van der Waals surface area contributed by atoms with E-state index >= 15 is 0 Å². The number of nitrogens with zero attached hydrogens (tertiary/aromatic N) is 2. The van der Waals surface area contributed by atoms with Gasteiger partial charge in [-0.05, 0) is 53.6 Å². The number of aryl methyl sites for hydroxylation is 1. The monoisotopic (exact) mass is 328 g/mol. The number of imidazole rings is 1. The molecule has 25 heavy (non-hydrogen) atoms. The Morgan fingerprint density at radius 2 is 1.72 bits per heavy atom. The second-order valence-corrected chi connectivity index (χ2v) is 6.06. The molecule has 3 heteroatoms. The number of rotatable bonds is 5. The Bertz CT molecular complexity index is 986. The third-order valence-corrected chi connectivity index (χ3v) is 4.42. The zero-order valence-electron chi connectivity index (χ0n) is 14.2. The van der Waals surface area contributed by atoms with Crippen LogP contribution in [-0.4, -0.2) is 9.55 Å². The van der Waals surface area contributed by atoms with Crippen molar-refractivity contribution in [2.45, 2.75) is 20.1 Å². The van der Waals surface area contributed by atoms with Gasteiger partial charge in [-0.15, -0.1) is 0 Å². The van der Waals surface area contributed by atoms with Crippen LogP contribution < -0.4 is 4.74 Å². The Labute approximate surface area is 147 Å². The van der Waals surface area contributed by atoms with Crippen LogP contribution >= 0.6 is 0 Å². The van der Waals surface area contributed by atoms with E-state index in [9.17, 15) is 0 Å². The molecule has 0 fully saturated rings. The minimum atomic E-state index is 0.567. The molecule has 0 aliphatic carbocycles. The van der Waals surface area contributed by atoms with Gasteiger partial charge in [0, 0.05) is 12.1 Å². The first-order valence-corrected chi connectivity index (χ1v) is 8.54. The zero-order valence-corrected chi connectivity index (χ0v) is 14.2. The predicted molar refractivity (Wildman–Crippen MR) is 102 cm³/mol. The lowest BCUT2D eigenvalue weighted by Crippen LogP contribution is -1.96. The molecule has 0 aliphatic rings. The van der Waals surface area contributed by atoms with Crippen molar-refractivity contribution in [3.05, 3.63) is 84.8 Å². The fraction of sp³-hybridized carbons (Fsp3) is 0.136. The average Bonchev–Trinajstić information content (AvgIpc) is 3.15. The van der Waals surface area contributed by atoms with Gasteiger partial charge < -0.3 is 9.30 Å². The Morgan fingerprint density at radius 1 is 0.920 bits per heavy atom. The van der Waals surface area contributed by atoms with Gasteiger partial charge in [0.1, 0.15) is 12.4 Å². The second kappa shape index (κ2) is 6.81. The quantitative estimate of drug-likeness (QED) is 0.497. The Balaban J connectivity index is 1.47. The lowest BCUT2D eigenvalue weighted by Gasteiger charge is -2.09. The number of hydrogen-bond donors (Lipinski definition) is 0. The molecule has 0 saturated carbocycles. The van der Waals surface area contributed by atoms with Crippen molar-refractivity contribution in [3.8, 4) is 17.0 Å². The lowest BCUT2D eigenvalue weighted by molar-refractivity contribution is 0.306. The lowest BCUT2D eigenvalue weighted by atomic mass is 10.1. The van der Waals surface area contributed by atoms with Gasteiger partial charge in [0.05, 0.1) is 18.2 Å². The molecule has 4 rings (SSSR count). The molecule has 1 heterocycles. The van der Waals surface area contributed by atoms with Crippen molar-refractivity contribution in [1.29, 1.82) is 0 Å². The summed E-state index contributed by atoms with van der Waals surface area (Å²) in [4.78, 5) is 4.22. The molecule has 0 unspecified atom stereocenters. The number of benzene rings is 3. The molecular formula is C22H20N2O. The summed E-state index contributed by atoms with van der Waals surface area (Å²) in [5.74, 6) is 0.875. The summed E-state index contributed by atoms with van der Waals surface area (Å²) in [5.41, 5.74) is 3.45. The number of fused-ring (bicyclic) bond motifs is 1. The van der Waals surface area contributed by atoms with E-state index in [0.717, 1.165) is 23.6 Å². The summed E-state index contributed by atoms with van der Waals surface area (Å²) in [6.45, 7) is 3.60. The van der Waals surface area contributed by atoms with Crippen LogP contribution in [0.3, 0.4) is 0 Å². The molecule has 0 saturated heterocycles. The maximum Gasteiger partial charge on any atom is 0.119 e. The highest BCUT2D eigenvalue weighted by Crippen LogP contribution is 2.23. The summed E-state index contributed by atoms with van der Waals surface area (Å²) in [5, 5.41) is 2.50. The van der Waals surface area contributed by atoms with Crippen LogP contribution in [0.25, 0.3) is 22.0 Å². The molecule has 0 spiro atoms. The largest absolute Gasteiger partial charge is 0.489 e. The Morgan fingerprint density at radius 3 is 2.52 bits per heavy atom. The molecule has 0 aliphatic heterocycles.